The van der Waals surface area contributed by atoms with Crippen LogP contribution in [-0.4, -0.2) is 34.5 Å². The van der Waals surface area contributed by atoms with E-state index in [0.717, 1.165) is 38.9 Å². The Morgan fingerprint density at radius 2 is 2.04 bits per heavy atom. The molecule has 2 aromatic rings. The average molecular weight is 380 g/mol. The van der Waals surface area contributed by atoms with Crippen molar-refractivity contribution in [2.75, 3.05) is 18.5 Å². The number of hydrogen-bond acceptors (Lipinski definition) is 5. The highest BCUT2D eigenvalue weighted by Gasteiger charge is 2.19. The lowest BCUT2D eigenvalue weighted by Crippen LogP contribution is -2.27. The van der Waals surface area contributed by atoms with Gasteiger partial charge in [0.05, 0.1) is 11.3 Å². The second kappa shape index (κ2) is 8.39. The number of rotatable bonds is 5. The Morgan fingerprint density at radius 1 is 1.27 bits per heavy atom. The smallest absolute Gasteiger partial charge is 0.261 e. The van der Waals surface area contributed by atoms with Crippen LogP contribution in [0.25, 0.3) is 10.9 Å². The van der Waals surface area contributed by atoms with Crippen molar-refractivity contribution in [3.8, 4) is 0 Å². The second-order valence-electron chi connectivity index (χ2n) is 6.76. The number of H-pyrrole nitrogens is 1. The van der Waals surface area contributed by atoms with Gasteiger partial charge in [0.2, 0.25) is 0 Å². The van der Waals surface area contributed by atoms with Crippen LogP contribution < -0.4 is 10.9 Å². The number of anilines is 1. The molecule has 1 saturated carbocycles. The lowest BCUT2D eigenvalue weighted by molar-refractivity contribution is 0.1000. The molecule has 0 radical (unpaired) electrons. The topological polar surface area (TPSA) is 67.0 Å². The van der Waals surface area contributed by atoms with E-state index >= 15 is 0 Å². The Morgan fingerprint density at radius 3 is 2.73 bits per heavy atom. The van der Waals surface area contributed by atoms with Gasteiger partial charge in [-0.2, -0.15) is 11.8 Å². The number of hydrogen-bond donors (Lipinski definition) is 2. The highest BCUT2D eigenvalue weighted by atomic mass is 32.2. The van der Waals surface area contributed by atoms with Crippen LogP contribution in [0.2, 0.25) is 0 Å². The third-order valence-corrected chi connectivity index (χ3v) is 6.29. The lowest BCUT2D eigenvalue weighted by atomic mass is 9.93. The first-order valence-corrected chi connectivity index (χ1v) is 9.92. The van der Waals surface area contributed by atoms with Gasteiger partial charge in [0.25, 0.3) is 5.56 Å². The van der Waals surface area contributed by atoms with E-state index in [1.165, 1.54) is 12.5 Å². The predicted molar refractivity (Wildman–Crippen MR) is 105 cm³/mol. The van der Waals surface area contributed by atoms with Gasteiger partial charge in [0.15, 0.2) is 0 Å². The largest absolute Gasteiger partial charge is 0.382 e. The molecular weight excluding hydrogens is 353 g/mol. The van der Waals surface area contributed by atoms with Crippen molar-refractivity contribution in [1.29, 1.82) is 0 Å². The van der Waals surface area contributed by atoms with Gasteiger partial charge in [-0.25, -0.2) is 9.37 Å². The zero-order valence-electron chi connectivity index (χ0n) is 14.0. The van der Waals surface area contributed by atoms with Crippen molar-refractivity contribution < 1.29 is 9.13 Å². The molecule has 0 spiro atoms. The summed E-state index contributed by atoms with van der Waals surface area (Å²) in [6.07, 6.45) is 5.46. The van der Waals surface area contributed by atoms with E-state index in [1.54, 1.807) is 17.8 Å². The molecule has 1 aliphatic heterocycles. The standard InChI is InChI=1S/C18H22FN3O2S.CH4/c19-14-8-12(20-11-2-1-3-11)9-15-17(14)18(23)22-16(21-15)10-25-13-4-6-24-7-5-13;/h8-9,11,13,20H,1-7,10H2,(H,21,22,23);1H4. The minimum absolute atomic E-state index is 0. The fraction of sp³-hybridized carbons (Fsp3) is 0.579. The maximum Gasteiger partial charge on any atom is 0.261 e. The van der Waals surface area contributed by atoms with Gasteiger partial charge in [-0.1, -0.05) is 7.43 Å². The first-order chi connectivity index (χ1) is 12.2. The van der Waals surface area contributed by atoms with Gasteiger partial charge in [0.1, 0.15) is 17.0 Å². The van der Waals surface area contributed by atoms with E-state index in [0.29, 0.717) is 34.1 Å². The van der Waals surface area contributed by atoms with E-state index in [9.17, 15) is 9.18 Å². The highest BCUT2D eigenvalue weighted by molar-refractivity contribution is 7.99. The molecule has 7 heteroatoms. The highest BCUT2D eigenvalue weighted by Crippen LogP contribution is 2.27. The molecule has 26 heavy (non-hydrogen) atoms. The van der Waals surface area contributed by atoms with Crippen molar-refractivity contribution >= 4 is 28.4 Å². The molecule has 2 heterocycles. The van der Waals surface area contributed by atoms with Gasteiger partial charge in [-0.3, -0.25) is 4.79 Å². The maximum absolute atomic E-state index is 14.4. The SMILES string of the molecule is C.O=c1[nH]c(CSC2CCOCC2)nc2cc(NC3CCC3)cc(F)c12. The molecule has 0 bridgehead atoms. The summed E-state index contributed by atoms with van der Waals surface area (Å²) in [5.41, 5.74) is 0.726. The van der Waals surface area contributed by atoms with Crippen molar-refractivity contribution in [2.24, 2.45) is 0 Å². The summed E-state index contributed by atoms with van der Waals surface area (Å²) in [6.45, 7) is 1.58. The van der Waals surface area contributed by atoms with E-state index in [4.69, 9.17) is 4.74 Å². The fourth-order valence-corrected chi connectivity index (χ4v) is 4.31. The van der Waals surface area contributed by atoms with Gasteiger partial charge in [0, 0.05) is 30.2 Å². The third kappa shape index (κ3) is 4.20. The fourth-order valence-electron chi connectivity index (χ4n) is 3.25. The molecular formula is C19H26FN3O2S. The molecule has 0 amide bonds. The number of fused-ring (bicyclic) bond motifs is 1. The van der Waals surface area contributed by atoms with Crippen molar-refractivity contribution in [3.63, 3.8) is 0 Å². The number of benzene rings is 1. The van der Waals surface area contributed by atoms with Crippen LogP contribution in [0.4, 0.5) is 10.1 Å². The monoisotopic (exact) mass is 379 g/mol. The number of ether oxygens (including phenoxy) is 1. The molecule has 2 N–H and O–H groups in total. The van der Waals surface area contributed by atoms with Crippen molar-refractivity contribution in [1.82, 2.24) is 9.97 Å². The molecule has 1 saturated heterocycles. The van der Waals surface area contributed by atoms with Gasteiger partial charge < -0.3 is 15.0 Å². The molecule has 2 fully saturated rings. The summed E-state index contributed by atoms with van der Waals surface area (Å²) in [5.74, 6) is 0.712. The summed E-state index contributed by atoms with van der Waals surface area (Å²) >= 11 is 1.78. The van der Waals surface area contributed by atoms with Crippen molar-refractivity contribution in [3.05, 3.63) is 34.1 Å². The molecule has 5 nitrogen and oxygen atoms in total. The minimum atomic E-state index is -0.517. The molecule has 4 rings (SSSR count). The number of aromatic amines is 1. The summed E-state index contributed by atoms with van der Waals surface area (Å²) in [6, 6.07) is 3.59. The Kier molecular flexibility index (Phi) is 6.19. The third-order valence-electron chi connectivity index (χ3n) is 4.91. The summed E-state index contributed by atoms with van der Waals surface area (Å²) in [7, 11) is 0. The van der Waals surface area contributed by atoms with Gasteiger partial charge >= 0.3 is 0 Å². The molecule has 0 unspecified atom stereocenters. The van der Waals surface area contributed by atoms with Gasteiger partial charge in [-0.05, 0) is 44.2 Å². The van der Waals surface area contributed by atoms with Crippen LogP contribution in [0.5, 0.6) is 0 Å². The van der Waals surface area contributed by atoms with E-state index in [-0.39, 0.29) is 12.8 Å². The Balaban J connectivity index is 0.00000196. The predicted octanol–water partition coefficient (Wildman–Crippen LogP) is 4.07. The zero-order chi connectivity index (χ0) is 17.2. The van der Waals surface area contributed by atoms with Crippen LogP contribution in [0.1, 0.15) is 45.4 Å². The molecule has 2 aliphatic rings. The van der Waals surface area contributed by atoms with E-state index in [2.05, 4.69) is 15.3 Å². The Labute approximate surface area is 157 Å². The van der Waals surface area contributed by atoms with Crippen LogP contribution in [0, 0.1) is 5.82 Å². The van der Waals surface area contributed by atoms with Crippen LogP contribution >= 0.6 is 11.8 Å². The maximum atomic E-state index is 14.4. The Bertz CT molecular complexity index is 816. The molecule has 142 valence electrons. The normalized spacial score (nSPS) is 18.3. The molecule has 1 aromatic carbocycles. The number of aromatic nitrogens is 2. The number of nitrogens with zero attached hydrogens (tertiary/aromatic N) is 1. The minimum Gasteiger partial charge on any atom is -0.382 e. The summed E-state index contributed by atoms with van der Waals surface area (Å²) < 4.78 is 19.7. The van der Waals surface area contributed by atoms with Crippen molar-refractivity contribution in [2.45, 2.75) is 56.6 Å². The number of halogens is 1. The van der Waals surface area contributed by atoms with E-state index < -0.39 is 11.4 Å². The van der Waals surface area contributed by atoms with Gasteiger partial charge in [-0.15, -0.1) is 0 Å². The van der Waals surface area contributed by atoms with E-state index in [1.807, 2.05) is 0 Å². The van der Waals surface area contributed by atoms with Crippen LogP contribution in [0.15, 0.2) is 16.9 Å². The summed E-state index contributed by atoms with van der Waals surface area (Å²) in [4.78, 5) is 19.5. The molecule has 1 aromatic heterocycles. The number of thioether (sulfide) groups is 1. The first-order valence-electron chi connectivity index (χ1n) is 8.87. The molecule has 1 aliphatic carbocycles. The lowest BCUT2D eigenvalue weighted by Gasteiger charge is -2.27. The average Bonchev–Trinajstić information content (AvgIpc) is 2.57. The number of nitrogens with one attached hydrogen (secondary N) is 2. The second-order valence-corrected chi connectivity index (χ2v) is 8.05. The Hall–Kier alpha value is -1.60. The zero-order valence-corrected chi connectivity index (χ0v) is 14.8. The quantitative estimate of drug-likeness (QED) is 0.820. The van der Waals surface area contributed by atoms with Crippen LogP contribution in [-0.2, 0) is 10.5 Å². The van der Waals surface area contributed by atoms with Crippen LogP contribution in [0.3, 0.4) is 0 Å². The first kappa shape index (κ1) is 19.2. The molecule has 0 atom stereocenters. The summed E-state index contributed by atoms with van der Waals surface area (Å²) in [5, 5.41) is 3.89.